The van der Waals surface area contributed by atoms with Crippen molar-refractivity contribution < 1.29 is 4.79 Å². The lowest BCUT2D eigenvalue weighted by molar-refractivity contribution is -0.121. The Morgan fingerprint density at radius 3 is 2.48 bits per heavy atom. The van der Waals surface area contributed by atoms with Crippen LogP contribution in [0.3, 0.4) is 0 Å². The van der Waals surface area contributed by atoms with Crippen molar-refractivity contribution in [1.82, 2.24) is 4.90 Å². The molecule has 1 aliphatic heterocycles. The van der Waals surface area contributed by atoms with Crippen molar-refractivity contribution in [2.75, 3.05) is 18.4 Å². The minimum absolute atomic E-state index is 0.122. The first-order chi connectivity index (χ1) is 12.2. The van der Waals surface area contributed by atoms with E-state index in [1.165, 1.54) is 11.1 Å². The number of piperidine rings is 1. The highest BCUT2D eigenvalue weighted by atomic mass is 16.1. The van der Waals surface area contributed by atoms with E-state index in [2.05, 4.69) is 72.6 Å². The average molecular weight is 336 g/mol. The van der Waals surface area contributed by atoms with Gasteiger partial charge in [0.2, 0.25) is 5.91 Å². The van der Waals surface area contributed by atoms with Gasteiger partial charge in [-0.1, -0.05) is 55.5 Å². The van der Waals surface area contributed by atoms with Gasteiger partial charge in [-0.2, -0.15) is 0 Å². The number of hydrogen-bond donors (Lipinski definition) is 1. The molecule has 0 aromatic heterocycles. The van der Waals surface area contributed by atoms with Crippen LogP contribution >= 0.6 is 0 Å². The smallest absolute Gasteiger partial charge is 0.227 e. The summed E-state index contributed by atoms with van der Waals surface area (Å²) in [4.78, 5) is 15.2. The maximum Gasteiger partial charge on any atom is 0.227 e. The molecule has 0 saturated carbocycles. The van der Waals surface area contributed by atoms with Crippen LogP contribution in [0.2, 0.25) is 0 Å². The largest absolute Gasteiger partial charge is 0.325 e. The van der Waals surface area contributed by atoms with E-state index in [0.717, 1.165) is 50.1 Å². The fraction of sp³-hybridized carbons (Fsp3) is 0.409. The summed E-state index contributed by atoms with van der Waals surface area (Å²) in [6.45, 7) is 7.15. The van der Waals surface area contributed by atoms with Crippen LogP contribution in [0, 0.1) is 12.8 Å². The Morgan fingerprint density at radius 2 is 1.80 bits per heavy atom. The third kappa shape index (κ3) is 4.49. The Labute approximate surface area is 151 Å². The van der Waals surface area contributed by atoms with Crippen LogP contribution in [-0.4, -0.2) is 23.9 Å². The molecule has 0 atom stereocenters. The van der Waals surface area contributed by atoms with Crippen molar-refractivity contribution in [3.05, 3.63) is 65.2 Å². The summed E-state index contributed by atoms with van der Waals surface area (Å²) < 4.78 is 0. The van der Waals surface area contributed by atoms with Gasteiger partial charge >= 0.3 is 0 Å². The SMILES string of the molecule is CCc1cccc(C)c1NC(=O)C1CCN(Cc2ccccc2)CC1. The lowest BCUT2D eigenvalue weighted by atomic mass is 9.95. The summed E-state index contributed by atoms with van der Waals surface area (Å²) in [5, 5.41) is 3.21. The second-order valence-corrected chi connectivity index (χ2v) is 6.99. The van der Waals surface area contributed by atoms with Crippen molar-refractivity contribution >= 4 is 11.6 Å². The van der Waals surface area contributed by atoms with Gasteiger partial charge < -0.3 is 5.32 Å². The number of amides is 1. The molecule has 0 bridgehead atoms. The standard InChI is InChI=1S/C22H28N2O/c1-3-19-11-7-8-17(2)21(19)23-22(25)20-12-14-24(15-13-20)16-18-9-5-4-6-10-18/h4-11,20H,3,12-16H2,1-2H3,(H,23,25). The fourth-order valence-electron chi connectivity index (χ4n) is 3.62. The quantitative estimate of drug-likeness (QED) is 0.877. The number of aryl methyl sites for hydroxylation is 2. The molecule has 2 aromatic carbocycles. The Balaban J connectivity index is 1.55. The molecular weight excluding hydrogens is 308 g/mol. The van der Waals surface area contributed by atoms with Gasteiger partial charge in [-0.15, -0.1) is 0 Å². The number of nitrogens with zero attached hydrogens (tertiary/aromatic N) is 1. The molecule has 0 radical (unpaired) electrons. The Kier molecular flexibility index (Phi) is 5.87. The minimum atomic E-state index is 0.122. The van der Waals surface area contributed by atoms with Crippen LogP contribution in [0.4, 0.5) is 5.69 Å². The Bertz CT molecular complexity index is 703. The van der Waals surface area contributed by atoms with E-state index in [1.54, 1.807) is 0 Å². The maximum atomic E-state index is 12.7. The third-order valence-corrected chi connectivity index (χ3v) is 5.20. The number of anilines is 1. The van der Waals surface area contributed by atoms with E-state index < -0.39 is 0 Å². The summed E-state index contributed by atoms with van der Waals surface area (Å²) in [5.74, 6) is 0.305. The van der Waals surface area contributed by atoms with Gasteiger partial charge in [0, 0.05) is 18.2 Å². The Morgan fingerprint density at radius 1 is 1.08 bits per heavy atom. The van der Waals surface area contributed by atoms with Gasteiger partial charge in [-0.3, -0.25) is 9.69 Å². The number of rotatable bonds is 5. The van der Waals surface area contributed by atoms with Crippen molar-refractivity contribution in [2.45, 2.75) is 39.7 Å². The normalized spacial score (nSPS) is 15.9. The molecule has 0 spiro atoms. The van der Waals surface area contributed by atoms with Crippen LogP contribution < -0.4 is 5.32 Å². The molecule has 1 amide bonds. The molecule has 2 aromatic rings. The van der Waals surface area contributed by atoms with Crippen molar-refractivity contribution in [3.8, 4) is 0 Å². The van der Waals surface area contributed by atoms with E-state index in [4.69, 9.17) is 0 Å². The molecule has 0 unspecified atom stereocenters. The van der Waals surface area contributed by atoms with Crippen molar-refractivity contribution in [2.24, 2.45) is 5.92 Å². The minimum Gasteiger partial charge on any atom is -0.325 e. The molecule has 0 aliphatic carbocycles. The second kappa shape index (κ2) is 8.30. The average Bonchev–Trinajstić information content (AvgIpc) is 2.64. The van der Waals surface area contributed by atoms with Gasteiger partial charge in [0.15, 0.2) is 0 Å². The number of nitrogens with one attached hydrogen (secondary N) is 1. The first-order valence-corrected chi connectivity index (χ1v) is 9.33. The van der Waals surface area contributed by atoms with Crippen molar-refractivity contribution in [1.29, 1.82) is 0 Å². The van der Waals surface area contributed by atoms with Crippen LogP contribution in [0.1, 0.15) is 36.5 Å². The zero-order chi connectivity index (χ0) is 17.6. The van der Waals surface area contributed by atoms with Crippen LogP contribution in [0.25, 0.3) is 0 Å². The predicted molar refractivity (Wildman–Crippen MR) is 104 cm³/mol. The number of hydrogen-bond acceptors (Lipinski definition) is 2. The maximum absolute atomic E-state index is 12.7. The summed E-state index contributed by atoms with van der Waals surface area (Å²) in [7, 11) is 0. The van der Waals surface area contributed by atoms with Gasteiger partial charge in [-0.25, -0.2) is 0 Å². The molecular formula is C22H28N2O. The summed E-state index contributed by atoms with van der Waals surface area (Å²) in [5.41, 5.74) is 4.73. The molecule has 25 heavy (non-hydrogen) atoms. The molecule has 1 saturated heterocycles. The number of likely N-dealkylation sites (tertiary alicyclic amines) is 1. The molecule has 1 heterocycles. The van der Waals surface area contributed by atoms with Gasteiger partial charge in [0.1, 0.15) is 0 Å². The molecule has 3 rings (SSSR count). The number of carbonyl (C=O) groups is 1. The van der Waals surface area contributed by atoms with Crippen LogP contribution in [-0.2, 0) is 17.8 Å². The van der Waals surface area contributed by atoms with Gasteiger partial charge in [0.05, 0.1) is 0 Å². The summed E-state index contributed by atoms with van der Waals surface area (Å²) in [6, 6.07) is 16.8. The zero-order valence-electron chi connectivity index (χ0n) is 15.3. The lowest BCUT2D eigenvalue weighted by Crippen LogP contribution is -2.37. The van der Waals surface area contributed by atoms with Crippen molar-refractivity contribution in [3.63, 3.8) is 0 Å². The zero-order valence-corrected chi connectivity index (χ0v) is 15.3. The molecule has 1 N–H and O–H groups in total. The molecule has 1 aliphatic rings. The fourth-order valence-corrected chi connectivity index (χ4v) is 3.62. The highest BCUT2D eigenvalue weighted by molar-refractivity contribution is 5.94. The second-order valence-electron chi connectivity index (χ2n) is 6.99. The van der Waals surface area contributed by atoms with E-state index >= 15 is 0 Å². The van der Waals surface area contributed by atoms with Crippen LogP contribution in [0.5, 0.6) is 0 Å². The first-order valence-electron chi connectivity index (χ1n) is 9.33. The number of para-hydroxylation sites is 1. The van der Waals surface area contributed by atoms with E-state index in [0.29, 0.717) is 0 Å². The van der Waals surface area contributed by atoms with Crippen LogP contribution in [0.15, 0.2) is 48.5 Å². The van der Waals surface area contributed by atoms with E-state index in [1.807, 2.05) is 0 Å². The predicted octanol–water partition coefficient (Wildman–Crippen LogP) is 4.41. The van der Waals surface area contributed by atoms with E-state index in [9.17, 15) is 4.79 Å². The molecule has 132 valence electrons. The van der Waals surface area contributed by atoms with Gasteiger partial charge in [0.25, 0.3) is 0 Å². The Hall–Kier alpha value is -2.13. The summed E-state index contributed by atoms with van der Waals surface area (Å²) in [6.07, 6.45) is 2.81. The number of benzene rings is 2. The van der Waals surface area contributed by atoms with E-state index in [-0.39, 0.29) is 11.8 Å². The molecule has 3 nitrogen and oxygen atoms in total. The first kappa shape index (κ1) is 17.7. The van der Waals surface area contributed by atoms with Gasteiger partial charge in [-0.05, 0) is 56.0 Å². The number of carbonyl (C=O) groups excluding carboxylic acids is 1. The summed E-state index contributed by atoms with van der Waals surface area (Å²) >= 11 is 0. The molecule has 1 fully saturated rings. The highest BCUT2D eigenvalue weighted by Gasteiger charge is 2.25. The lowest BCUT2D eigenvalue weighted by Gasteiger charge is -2.31. The topological polar surface area (TPSA) is 32.3 Å². The molecule has 3 heteroatoms. The highest BCUT2D eigenvalue weighted by Crippen LogP contribution is 2.25. The third-order valence-electron chi connectivity index (χ3n) is 5.20. The monoisotopic (exact) mass is 336 g/mol.